The SMILES string of the molecule is CN(C)CCNC1CC(=O)N(C2CCCC2)C1=O. The first-order chi connectivity index (χ1) is 8.59. The Morgan fingerprint density at radius 1 is 1.28 bits per heavy atom. The van der Waals surface area contributed by atoms with Gasteiger partial charge in [0.25, 0.3) is 0 Å². The molecule has 1 aliphatic heterocycles. The van der Waals surface area contributed by atoms with Crippen molar-refractivity contribution in [2.24, 2.45) is 0 Å². The van der Waals surface area contributed by atoms with Crippen molar-refractivity contribution in [1.29, 1.82) is 0 Å². The van der Waals surface area contributed by atoms with Crippen LogP contribution in [-0.2, 0) is 9.59 Å². The normalized spacial score (nSPS) is 25.7. The van der Waals surface area contributed by atoms with E-state index in [-0.39, 0.29) is 23.9 Å². The Labute approximate surface area is 108 Å². The largest absolute Gasteiger partial charge is 0.308 e. The molecule has 5 nitrogen and oxygen atoms in total. The molecule has 1 atom stereocenters. The number of hydrogen-bond acceptors (Lipinski definition) is 4. The highest BCUT2D eigenvalue weighted by molar-refractivity contribution is 6.05. The molecule has 0 aromatic heterocycles. The number of rotatable bonds is 5. The first-order valence-corrected chi connectivity index (χ1v) is 6.83. The summed E-state index contributed by atoms with van der Waals surface area (Å²) in [6.07, 6.45) is 4.59. The number of nitrogens with zero attached hydrogens (tertiary/aromatic N) is 2. The standard InChI is InChI=1S/C13H23N3O2/c1-15(2)8-7-14-11-9-12(17)16(13(11)18)10-5-3-4-6-10/h10-11,14H,3-9H2,1-2H3. The average molecular weight is 253 g/mol. The number of hydrogen-bond donors (Lipinski definition) is 1. The van der Waals surface area contributed by atoms with Gasteiger partial charge in [0.2, 0.25) is 11.8 Å². The molecular weight excluding hydrogens is 230 g/mol. The van der Waals surface area contributed by atoms with Crippen LogP contribution in [0.25, 0.3) is 0 Å². The fraction of sp³-hybridized carbons (Fsp3) is 0.846. The molecule has 0 radical (unpaired) electrons. The number of likely N-dealkylation sites (N-methyl/N-ethyl adjacent to an activating group) is 1. The summed E-state index contributed by atoms with van der Waals surface area (Å²) in [6, 6.07) is -0.122. The van der Waals surface area contributed by atoms with Gasteiger partial charge in [-0.25, -0.2) is 0 Å². The van der Waals surface area contributed by atoms with Crippen molar-refractivity contribution in [3.63, 3.8) is 0 Å². The molecule has 2 fully saturated rings. The molecule has 0 aromatic carbocycles. The number of nitrogens with one attached hydrogen (secondary N) is 1. The molecule has 0 aromatic rings. The molecule has 1 heterocycles. The molecule has 0 spiro atoms. The quantitative estimate of drug-likeness (QED) is 0.712. The van der Waals surface area contributed by atoms with E-state index >= 15 is 0 Å². The number of likely N-dealkylation sites (tertiary alicyclic amines) is 1. The fourth-order valence-corrected chi connectivity index (χ4v) is 2.82. The highest BCUT2D eigenvalue weighted by atomic mass is 16.2. The third-order valence-electron chi connectivity index (χ3n) is 3.82. The van der Waals surface area contributed by atoms with E-state index in [1.807, 2.05) is 14.1 Å². The third kappa shape index (κ3) is 2.90. The Morgan fingerprint density at radius 2 is 1.94 bits per heavy atom. The molecule has 2 amide bonds. The maximum atomic E-state index is 12.2. The first kappa shape index (κ1) is 13.5. The summed E-state index contributed by atoms with van der Waals surface area (Å²) in [5.74, 6) is -0.0000841. The van der Waals surface area contributed by atoms with Crippen molar-refractivity contribution in [3.8, 4) is 0 Å². The Morgan fingerprint density at radius 3 is 2.56 bits per heavy atom. The lowest BCUT2D eigenvalue weighted by atomic mass is 10.2. The molecule has 1 N–H and O–H groups in total. The predicted molar refractivity (Wildman–Crippen MR) is 69.1 cm³/mol. The molecule has 1 aliphatic carbocycles. The second kappa shape index (κ2) is 5.80. The van der Waals surface area contributed by atoms with Crippen LogP contribution in [0.1, 0.15) is 32.1 Å². The van der Waals surface area contributed by atoms with Gasteiger partial charge in [0.05, 0.1) is 12.5 Å². The van der Waals surface area contributed by atoms with E-state index < -0.39 is 0 Å². The Bertz CT molecular complexity index is 324. The molecule has 2 rings (SSSR count). The predicted octanol–water partition coefficient (Wildman–Crippen LogP) is 0.208. The second-order valence-corrected chi connectivity index (χ2v) is 5.55. The highest BCUT2D eigenvalue weighted by Gasteiger charge is 2.42. The Hall–Kier alpha value is -0.940. The number of imide groups is 1. The monoisotopic (exact) mass is 253 g/mol. The van der Waals surface area contributed by atoms with Crippen molar-refractivity contribution >= 4 is 11.8 Å². The maximum Gasteiger partial charge on any atom is 0.247 e. The molecule has 1 saturated carbocycles. The molecule has 102 valence electrons. The zero-order valence-corrected chi connectivity index (χ0v) is 11.3. The fourth-order valence-electron chi connectivity index (χ4n) is 2.82. The smallest absolute Gasteiger partial charge is 0.247 e. The van der Waals surface area contributed by atoms with Gasteiger partial charge >= 0.3 is 0 Å². The maximum absolute atomic E-state index is 12.2. The summed E-state index contributed by atoms with van der Waals surface area (Å²) in [4.78, 5) is 27.7. The lowest BCUT2D eigenvalue weighted by Gasteiger charge is -2.22. The van der Waals surface area contributed by atoms with E-state index in [2.05, 4.69) is 10.2 Å². The van der Waals surface area contributed by atoms with Gasteiger partial charge in [-0.1, -0.05) is 12.8 Å². The van der Waals surface area contributed by atoms with Gasteiger partial charge in [-0.2, -0.15) is 0 Å². The molecule has 1 saturated heterocycles. The summed E-state index contributed by atoms with van der Waals surface area (Å²) in [7, 11) is 3.99. The average Bonchev–Trinajstić information content (AvgIpc) is 2.88. The van der Waals surface area contributed by atoms with Crippen LogP contribution in [0.4, 0.5) is 0 Å². The van der Waals surface area contributed by atoms with Crippen LogP contribution in [0, 0.1) is 0 Å². The van der Waals surface area contributed by atoms with Gasteiger partial charge in [0.1, 0.15) is 0 Å². The van der Waals surface area contributed by atoms with Crippen LogP contribution in [0.15, 0.2) is 0 Å². The zero-order valence-electron chi connectivity index (χ0n) is 11.3. The van der Waals surface area contributed by atoms with Gasteiger partial charge in [0.15, 0.2) is 0 Å². The molecule has 18 heavy (non-hydrogen) atoms. The van der Waals surface area contributed by atoms with E-state index in [1.54, 1.807) is 0 Å². The Balaban J connectivity index is 1.87. The lowest BCUT2D eigenvalue weighted by Crippen LogP contribution is -2.44. The van der Waals surface area contributed by atoms with Gasteiger partial charge < -0.3 is 10.2 Å². The van der Waals surface area contributed by atoms with Crippen molar-refractivity contribution in [2.75, 3.05) is 27.2 Å². The van der Waals surface area contributed by atoms with Gasteiger partial charge in [0, 0.05) is 19.1 Å². The summed E-state index contributed by atoms with van der Waals surface area (Å²) in [6.45, 7) is 1.62. The van der Waals surface area contributed by atoms with Crippen LogP contribution in [0.2, 0.25) is 0 Å². The molecular formula is C13H23N3O2. The number of amides is 2. The molecule has 1 unspecified atom stereocenters. The molecule has 0 bridgehead atoms. The highest BCUT2D eigenvalue weighted by Crippen LogP contribution is 2.27. The molecule has 5 heteroatoms. The van der Waals surface area contributed by atoms with Crippen LogP contribution < -0.4 is 5.32 Å². The van der Waals surface area contributed by atoms with E-state index in [1.165, 1.54) is 4.90 Å². The summed E-state index contributed by atoms with van der Waals surface area (Å²) >= 11 is 0. The minimum Gasteiger partial charge on any atom is -0.308 e. The molecule has 2 aliphatic rings. The minimum atomic E-state index is -0.293. The van der Waals surface area contributed by atoms with Crippen LogP contribution in [0.3, 0.4) is 0 Å². The van der Waals surface area contributed by atoms with E-state index in [0.29, 0.717) is 6.42 Å². The topological polar surface area (TPSA) is 52.7 Å². The minimum absolute atomic E-state index is 0.00857. The lowest BCUT2D eigenvalue weighted by molar-refractivity contribution is -0.141. The summed E-state index contributed by atoms with van der Waals surface area (Å²) in [5.41, 5.74) is 0. The van der Waals surface area contributed by atoms with Crippen LogP contribution in [-0.4, -0.2) is 60.9 Å². The van der Waals surface area contributed by atoms with E-state index in [9.17, 15) is 9.59 Å². The third-order valence-corrected chi connectivity index (χ3v) is 3.82. The van der Waals surface area contributed by atoms with Gasteiger partial charge in [-0.15, -0.1) is 0 Å². The van der Waals surface area contributed by atoms with Crippen LogP contribution in [0.5, 0.6) is 0 Å². The number of carbonyl (C=O) groups excluding carboxylic acids is 2. The van der Waals surface area contributed by atoms with E-state index in [4.69, 9.17) is 0 Å². The van der Waals surface area contributed by atoms with Gasteiger partial charge in [-0.05, 0) is 26.9 Å². The number of carbonyl (C=O) groups is 2. The Kier molecular flexibility index (Phi) is 4.35. The summed E-state index contributed by atoms with van der Waals surface area (Å²) < 4.78 is 0. The summed E-state index contributed by atoms with van der Waals surface area (Å²) in [5, 5.41) is 3.19. The van der Waals surface area contributed by atoms with Crippen molar-refractivity contribution < 1.29 is 9.59 Å². The van der Waals surface area contributed by atoms with Crippen molar-refractivity contribution in [2.45, 2.75) is 44.2 Å². The first-order valence-electron chi connectivity index (χ1n) is 6.83. The second-order valence-electron chi connectivity index (χ2n) is 5.55. The zero-order chi connectivity index (χ0) is 13.1. The van der Waals surface area contributed by atoms with Crippen LogP contribution >= 0.6 is 0 Å². The van der Waals surface area contributed by atoms with Gasteiger partial charge in [-0.3, -0.25) is 14.5 Å². The van der Waals surface area contributed by atoms with E-state index in [0.717, 1.165) is 38.8 Å². The van der Waals surface area contributed by atoms with Crippen molar-refractivity contribution in [3.05, 3.63) is 0 Å². The van der Waals surface area contributed by atoms with Crippen molar-refractivity contribution in [1.82, 2.24) is 15.1 Å².